The molecule has 7 nitrogen and oxygen atoms in total. The topological polar surface area (TPSA) is 81.8 Å². The van der Waals surface area contributed by atoms with Crippen LogP contribution in [0.25, 0.3) is 0 Å². The molecule has 2 N–H and O–H groups in total. The molecular weight excluding hydrogens is 344 g/mol. The largest absolute Gasteiger partial charge is 0.337 e. The van der Waals surface area contributed by atoms with Crippen LogP contribution in [0.5, 0.6) is 0 Å². The summed E-state index contributed by atoms with van der Waals surface area (Å²) in [6, 6.07) is 5.48. The summed E-state index contributed by atoms with van der Waals surface area (Å²) in [6.07, 6.45) is 0.527. The van der Waals surface area contributed by atoms with Crippen molar-refractivity contribution in [3.8, 4) is 0 Å². The molecule has 2 aliphatic rings. The van der Waals surface area contributed by atoms with Crippen molar-refractivity contribution in [3.63, 3.8) is 0 Å². The van der Waals surface area contributed by atoms with Crippen LogP contribution in [0.2, 0.25) is 5.02 Å². The van der Waals surface area contributed by atoms with Crippen molar-refractivity contribution >= 4 is 35.1 Å². The van der Waals surface area contributed by atoms with E-state index in [9.17, 15) is 14.4 Å². The molecule has 1 aromatic rings. The summed E-state index contributed by atoms with van der Waals surface area (Å²) in [7, 11) is 0. The quantitative estimate of drug-likeness (QED) is 0.790. The summed E-state index contributed by atoms with van der Waals surface area (Å²) < 4.78 is 0. The third kappa shape index (κ3) is 3.77. The molecule has 0 aromatic heterocycles. The Morgan fingerprint density at radius 2 is 2.00 bits per heavy atom. The molecule has 0 saturated carbocycles. The summed E-state index contributed by atoms with van der Waals surface area (Å²) in [4.78, 5) is 40.0. The third-order valence-corrected chi connectivity index (χ3v) is 4.82. The fraction of sp³-hybridized carbons (Fsp3) is 0.471. The van der Waals surface area contributed by atoms with E-state index in [1.807, 2.05) is 11.8 Å². The second-order valence-electron chi connectivity index (χ2n) is 6.33. The van der Waals surface area contributed by atoms with Gasteiger partial charge >= 0.3 is 6.03 Å². The molecule has 2 saturated heterocycles. The summed E-state index contributed by atoms with van der Waals surface area (Å²) >= 11 is 5.84. The normalized spacial score (nSPS) is 23.8. The van der Waals surface area contributed by atoms with Gasteiger partial charge in [-0.15, -0.1) is 0 Å². The summed E-state index contributed by atoms with van der Waals surface area (Å²) in [6.45, 7) is 4.21. The number of benzene rings is 1. The van der Waals surface area contributed by atoms with E-state index in [-0.39, 0.29) is 24.3 Å². The number of anilines is 1. The van der Waals surface area contributed by atoms with Crippen LogP contribution in [0.4, 0.5) is 10.5 Å². The number of amides is 4. The van der Waals surface area contributed by atoms with Crippen molar-refractivity contribution in [1.82, 2.24) is 15.5 Å². The molecule has 2 fully saturated rings. The number of carbonyl (C=O) groups excluding carboxylic acids is 3. The zero-order valence-electron chi connectivity index (χ0n) is 14.0. The number of imide groups is 1. The maximum atomic E-state index is 12.5. The first-order valence-electron chi connectivity index (χ1n) is 8.37. The van der Waals surface area contributed by atoms with Crippen LogP contribution in [0, 0.1) is 0 Å². The van der Waals surface area contributed by atoms with Gasteiger partial charge < -0.3 is 15.5 Å². The maximum absolute atomic E-state index is 12.5. The van der Waals surface area contributed by atoms with Crippen LogP contribution in [-0.2, 0) is 9.59 Å². The van der Waals surface area contributed by atoms with Gasteiger partial charge in [-0.1, -0.05) is 11.6 Å². The van der Waals surface area contributed by atoms with E-state index < -0.39 is 12.1 Å². The van der Waals surface area contributed by atoms with Gasteiger partial charge in [0, 0.05) is 37.1 Å². The number of urea groups is 1. The van der Waals surface area contributed by atoms with Gasteiger partial charge in [-0.3, -0.25) is 9.59 Å². The Hall–Kier alpha value is -2.12. The minimum absolute atomic E-state index is 0.0148. The molecule has 3 rings (SSSR count). The molecule has 0 aliphatic carbocycles. The lowest BCUT2D eigenvalue weighted by Crippen LogP contribution is -2.52. The zero-order valence-corrected chi connectivity index (χ0v) is 14.8. The van der Waals surface area contributed by atoms with Gasteiger partial charge in [0.1, 0.15) is 6.04 Å². The molecular formula is C17H21ClN4O3. The van der Waals surface area contributed by atoms with Crippen molar-refractivity contribution in [2.24, 2.45) is 0 Å². The summed E-state index contributed by atoms with van der Waals surface area (Å²) in [5.74, 6) is -0.325. The first-order chi connectivity index (χ1) is 12.0. The minimum atomic E-state index is -0.676. The number of hydrogen-bond acceptors (Lipinski definition) is 4. The Bertz CT molecular complexity index is 679. The first kappa shape index (κ1) is 17.7. The highest BCUT2D eigenvalue weighted by atomic mass is 35.5. The van der Waals surface area contributed by atoms with E-state index in [1.165, 1.54) is 0 Å². The molecule has 2 aliphatic heterocycles. The van der Waals surface area contributed by atoms with Gasteiger partial charge in [-0.25, -0.2) is 9.69 Å². The molecule has 1 aromatic carbocycles. The maximum Gasteiger partial charge on any atom is 0.329 e. The summed E-state index contributed by atoms with van der Waals surface area (Å²) in [5, 5.41) is 6.42. The predicted molar refractivity (Wildman–Crippen MR) is 94.5 cm³/mol. The van der Waals surface area contributed by atoms with E-state index in [0.29, 0.717) is 23.7 Å². The first-order valence-corrected chi connectivity index (χ1v) is 8.75. The Labute approximate surface area is 151 Å². The molecule has 8 heteroatoms. The molecule has 1 unspecified atom stereocenters. The van der Waals surface area contributed by atoms with Gasteiger partial charge in [-0.05, 0) is 37.6 Å². The molecule has 0 bridgehead atoms. The van der Waals surface area contributed by atoms with Crippen LogP contribution < -0.4 is 15.5 Å². The van der Waals surface area contributed by atoms with E-state index >= 15 is 0 Å². The number of halogens is 1. The molecule has 2 atom stereocenters. The molecule has 2 heterocycles. The lowest BCUT2D eigenvalue weighted by atomic mass is 10.1. The number of nitrogens with one attached hydrogen (secondary N) is 2. The average Bonchev–Trinajstić information content (AvgIpc) is 2.88. The van der Waals surface area contributed by atoms with Crippen molar-refractivity contribution < 1.29 is 14.4 Å². The zero-order chi connectivity index (χ0) is 18.0. The van der Waals surface area contributed by atoms with Crippen molar-refractivity contribution in [1.29, 1.82) is 0 Å². The number of nitrogens with zero attached hydrogens (tertiary/aromatic N) is 2. The number of rotatable bonds is 4. The Balaban J connectivity index is 1.60. The smallest absolute Gasteiger partial charge is 0.329 e. The molecule has 0 spiro atoms. The molecule has 134 valence electrons. The van der Waals surface area contributed by atoms with Crippen LogP contribution in [0.1, 0.15) is 19.8 Å². The Morgan fingerprint density at radius 1 is 1.28 bits per heavy atom. The Kier molecular flexibility index (Phi) is 5.24. The van der Waals surface area contributed by atoms with Gasteiger partial charge in [0.15, 0.2) is 0 Å². The monoisotopic (exact) mass is 364 g/mol. The summed E-state index contributed by atoms with van der Waals surface area (Å²) in [5.41, 5.74) is 0.469. The van der Waals surface area contributed by atoms with Crippen molar-refractivity contribution in [2.75, 3.05) is 24.5 Å². The molecule has 0 radical (unpaired) electrons. The number of carbonyl (C=O) groups is 3. The lowest BCUT2D eigenvalue weighted by Gasteiger charge is -2.34. The standard InChI is InChI=1S/C17H21ClN4O3/c1-11-10-19-8-9-21(11)15(23)7-6-14-16(24)22(17(25)20-14)13-4-2-12(18)3-5-13/h2-5,11,14,19H,6-10H2,1H3,(H,20,25)/t11-,14?/m0/s1. The lowest BCUT2D eigenvalue weighted by molar-refractivity contribution is -0.134. The van der Waals surface area contributed by atoms with E-state index in [2.05, 4.69) is 10.6 Å². The fourth-order valence-corrected chi connectivity index (χ4v) is 3.31. The van der Waals surface area contributed by atoms with Crippen molar-refractivity contribution in [3.05, 3.63) is 29.3 Å². The van der Waals surface area contributed by atoms with Crippen molar-refractivity contribution in [2.45, 2.75) is 31.8 Å². The molecule has 4 amide bonds. The SMILES string of the molecule is C[C@H]1CNCCN1C(=O)CCC1NC(=O)N(c2ccc(Cl)cc2)C1=O. The van der Waals surface area contributed by atoms with Crippen LogP contribution in [-0.4, -0.2) is 54.5 Å². The van der Waals surface area contributed by atoms with E-state index in [4.69, 9.17) is 11.6 Å². The van der Waals surface area contributed by atoms with E-state index in [1.54, 1.807) is 24.3 Å². The van der Waals surface area contributed by atoms with Gasteiger partial charge in [0.05, 0.1) is 5.69 Å². The number of hydrogen-bond donors (Lipinski definition) is 2. The van der Waals surface area contributed by atoms with Crippen LogP contribution in [0.3, 0.4) is 0 Å². The molecule has 25 heavy (non-hydrogen) atoms. The third-order valence-electron chi connectivity index (χ3n) is 4.57. The van der Waals surface area contributed by atoms with Crippen LogP contribution in [0.15, 0.2) is 24.3 Å². The predicted octanol–water partition coefficient (Wildman–Crippen LogP) is 1.37. The highest BCUT2D eigenvalue weighted by molar-refractivity contribution is 6.30. The van der Waals surface area contributed by atoms with Gasteiger partial charge in [0.25, 0.3) is 5.91 Å². The van der Waals surface area contributed by atoms with Crippen LogP contribution >= 0.6 is 11.6 Å². The minimum Gasteiger partial charge on any atom is -0.337 e. The van der Waals surface area contributed by atoms with Gasteiger partial charge in [-0.2, -0.15) is 0 Å². The highest BCUT2D eigenvalue weighted by Crippen LogP contribution is 2.23. The van der Waals surface area contributed by atoms with Gasteiger partial charge in [0.2, 0.25) is 5.91 Å². The number of piperazine rings is 1. The fourth-order valence-electron chi connectivity index (χ4n) is 3.18. The average molecular weight is 365 g/mol. The second kappa shape index (κ2) is 7.41. The Morgan fingerprint density at radius 3 is 2.68 bits per heavy atom. The highest BCUT2D eigenvalue weighted by Gasteiger charge is 2.39. The second-order valence-corrected chi connectivity index (χ2v) is 6.77. The van der Waals surface area contributed by atoms with E-state index in [0.717, 1.165) is 18.0 Å².